The van der Waals surface area contributed by atoms with Crippen LogP contribution in [0.5, 0.6) is 5.75 Å². The molecule has 0 N–H and O–H groups in total. The average Bonchev–Trinajstić information content (AvgIpc) is 3.03. The van der Waals surface area contributed by atoms with Crippen molar-refractivity contribution in [3.8, 4) is 16.9 Å². The Morgan fingerprint density at radius 2 is 1.89 bits per heavy atom. The van der Waals surface area contributed by atoms with Crippen molar-refractivity contribution >= 4 is 11.0 Å². The van der Waals surface area contributed by atoms with Crippen LogP contribution in [-0.4, -0.2) is 21.2 Å². The van der Waals surface area contributed by atoms with Crippen molar-refractivity contribution in [1.29, 1.82) is 0 Å². The second-order valence-corrected chi connectivity index (χ2v) is 6.75. The van der Waals surface area contributed by atoms with Crippen LogP contribution in [0.4, 0.5) is 0 Å². The Morgan fingerprint density at radius 3 is 2.63 bits per heavy atom. The average molecular weight is 359 g/mol. The Morgan fingerprint density at radius 1 is 1.11 bits per heavy atom. The van der Waals surface area contributed by atoms with Gasteiger partial charge in [-0.1, -0.05) is 42.0 Å². The standard InChI is InChI=1S/C22H21N3O2/c1-15-7-9-16(10-8-15)12-25-14-23-20-19(13-24(2)21(20)22(25)26)17-5-4-6-18(11-17)27-3/h4-11,13-14H,12H2,1-3H3. The second-order valence-electron chi connectivity index (χ2n) is 6.75. The van der Waals surface area contributed by atoms with Gasteiger partial charge in [0.1, 0.15) is 16.8 Å². The summed E-state index contributed by atoms with van der Waals surface area (Å²) in [5.41, 5.74) is 5.43. The molecule has 0 spiro atoms. The zero-order chi connectivity index (χ0) is 19.0. The molecule has 27 heavy (non-hydrogen) atoms. The van der Waals surface area contributed by atoms with Crippen molar-refractivity contribution in [2.75, 3.05) is 7.11 Å². The van der Waals surface area contributed by atoms with Gasteiger partial charge < -0.3 is 9.30 Å². The molecule has 0 saturated carbocycles. The minimum atomic E-state index is -0.0442. The van der Waals surface area contributed by atoms with Crippen LogP contribution in [0.3, 0.4) is 0 Å². The van der Waals surface area contributed by atoms with Crippen LogP contribution in [0.25, 0.3) is 22.2 Å². The summed E-state index contributed by atoms with van der Waals surface area (Å²) in [5, 5.41) is 0. The van der Waals surface area contributed by atoms with Crippen LogP contribution in [-0.2, 0) is 13.6 Å². The molecular weight excluding hydrogens is 338 g/mol. The van der Waals surface area contributed by atoms with Gasteiger partial charge >= 0.3 is 0 Å². The number of benzene rings is 2. The van der Waals surface area contributed by atoms with Gasteiger partial charge in [-0.15, -0.1) is 0 Å². The van der Waals surface area contributed by atoms with Crippen molar-refractivity contribution in [2.24, 2.45) is 7.05 Å². The predicted octanol–water partition coefficient (Wildman–Crippen LogP) is 3.77. The van der Waals surface area contributed by atoms with E-state index in [1.54, 1.807) is 18.0 Å². The Balaban J connectivity index is 1.81. The summed E-state index contributed by atoms with van der Waals surface area (Å²) in [5.74, 6) is 0.775. The maximum Gasteiger partial charge on any atom is 0.278 e. The number of hydrogen-bond acceptors (Lipinski definition) is 3. The number of nitrogens with zero attached hydrogens (tertiary/aromatic N) is 3. The van der Waals surface area contributed by atoms with E-state index in [1.807, 2.05) is 61.1 Å². The number of ether oxygens (including phenoxy) is 1. The van der Waals surface area contributed by atoms with Crippen molar-refractivity contribution in [3.63, 3.8) is 0 Å². The van der Waals surface area contributed by atoms with Gasteiger partial charge in [0.05, 0.1) is 20.0 Å². The lowest BCUT2D eigenvalue weighted by Gasteiger charge is -2.07. The van der Waals surface area contributed by atoms with Gasteiger partial charge in [0, 0.05) is 18.8 Å². The number of aromatic nitrogens is 3. The van der Waals surface area contributed by atoms with Gasteiger partial charge in [-0.25, -0.2) is 4.98 Å². The first kappa shape index (κ1) is 17.1. The first-order chi connectivity index (χ1) is 13.1. The first-order valence-corrected chi connectivity index (χ1v) is 8.81. The Kier molecular flexibility index (Phi) is 4.28. The van der Waals surface area contributed by atoms with Crippen molar-refractivity contribution in [2.45, 2.75) is 13.5 Å². The SMILES string of the molecule is COc1cccc(-c2cn(C)c3c(=O)n(Cc4ccc(C)cc4)cnc23)c1. The lowest BCUT2D eigenvalue weighted by Crippen LogP contribution is -2.22. The molecule has 0 aliphatic heterocycles. The van der Waals surface area contributed by atoms with E-state index >= 15 is 0 Å². The summed E-state index contributed by atoms with van der Waals surface area (Å²) < 4.78 is 8.83. The molecule has 2 aromatic carbocycles. The van der Waals surface area contributed by atoms with Gasteiger partial charge in [-0.05, 0) is 30.2 Å². The highest BCUT2D eigenvalue weighted by Gasteiger charge is 2.15. The topological polar surface area (TPSA) is 49.0 Å². The zero-order valence-electron chi connectivity index (χ0n) is 15.6. The maximum atomic E-state index is 13.1. The predicted molar refractivity (Wildman–Crippen MR) is 107 cm³/mol. The van der Waals surface area contributed by atoms with Crippen molar-refractivity contribution in [3.05, 3.63) is 82.5 Å². The number of rotatable bonds is 4. The quantitative estimate of drug-likeness (QED) is 0.557. The minimum Gasteiger partial charge on any atom is -0.497 e. The maximum absolute atomic E-state index is 13.1. The molecule has 0 saturated heterocycles. The van der Waals surface area contributed by atoms with E-state index in [9.17, 15) is 4.79 Å². The molecule has 2 aromatic heterocycles. The van der Waals surface area contributed by atoms with E-state index in [0.717, 1.165) is 22.4 Å². The van der Waals surface area contributed by atoms with Gasteiger partial charge in [0.2, 0.25) is 0 Å². The van der Waals surface area contributed by atoms with Crippen LogP contribution < -0.4 is 10.3 Å². The molecule has 136 valence electrons. The zero-order valence-corrected chi connectivity index (χ0v) is 15.6. The second kappa shape index (κ2) is 6.76. The Hall–Kier alpha value is -3.34. The molecule has 0 fully saturated rings. The summed E-state index contributed by atoms with van der Waals surface area (Å²) >= 11 is 0. The summed E-state index contributed by atoms with van der Waals surface area (Å²) in [4.78, 5) is 17.7. The van der Waals surface area contributed by atoms with Gasteiger partial charge in [0.25, 0.3) is 5.56 Å². The number of aryl methyl sites for hydroxylation is 2. The van der Waals surface area contributed by atoms with E-state index in [0.29, 0.717) is 17.6 Å². The monoisotopic (exact) mass is 359 g/mol. The number of methoxy groups -OCH3 is 1. The molecule has 0 bridgehead atoms. The highest BCUT2D eigenvalue weighted by atomic mass is 16.5. The lowest BCUT2D eigenvalue weighted by atomic mass is 10.1. The van der Waals surface area contributed by atoms with E-state index in [-0.39, 0.29) is 5.56 Å². The van der Waals surface area contributed by atoms with Crippen LogP contribution in [0.15, 0.2) is 65.8 Å². The van der Waals surface area contributed by atoms with Gasteiger partial charge in [-0.2, -0.15) is 0 Å². The fraction of sp³-hybridized carbons (Fsp3) is 0.182. The van der Waals surface area contributed by atoms with E-state index < -0.39 is 0 Å². The first-order valence-electron chi connectivity index (χ1n) is 8.81. The van der Waals surface area contributed by atoms with Crippen molar-refractivity contribution < 1.29 is 4.74 Å². The fourth-order valence-corrected chi connectivity index (χ4v) is 3.32. The Labute approximate surface area is 157 Å². The highest BCUT2D eigenvalue weighted by Crippen LogP contribution is 2.29. The third-order valence-corrected chi connectivity index (χ3v) is 4.80. The molecule has 0 amide bonds. The fourth-order valence-electron chi connectivity index (χ4n) is 3.32. The molecular formula is C22H21N3O2. The molecule has 0 radical (unpaired) electrons. The molecule has 0 unspecified atom stereocenters. The van der Waals surface area contributed by atoms with Crippen LogP contribution >= 0.6 is 0 Å². The van der Waals surface area contributed by atoms with Crippen LogP contribution in [0.1, 0.15) is 11.1 Å². The molecule has 5 nitrogen and oxygen atoms in total. The molecule has 2 heterocycles. The minimum absolute atomic E-state index is 0.0442. The molecule has 4 aromatic rings. The summed E-state index contributed by atoms with van der Waals surface area (Å²) in [6.07, 6.45) is 3.58. The van der Waals surface area contributed by atoms with Crippen molar-refractivity contribution in [1.82, 2.24) is 14.1 Å². The molecule has 0 aliphatic carbocycles. The van der Waals surface area contributed by atoms with Gasteiger partial charge in [-0.3, -0.25) is 9.36 Å². The summed E-state index contributed by atoms with van der Waals surface area (Å²) in [6.45, 7) is 2.55. The molecule has 5 heteroatoms. The normalized spacial score (nSPS) is 11.1. The van der Waals surface area contributed by atoms with E-state index in [4.69, 9.17) is 4.74 Å². The largest absolute Gasteiger partial charge is 0.497 e. The lowest BCUT2D eigenvalue weighted by molar-refractivity contribution is 0.415. The molecule has 4 rings (SSSR count). The smallest absolute Gasteiger partial charge is 0.278 e. The molecule has 0 atom stereocenters. The summed E-state index contributed by atoms with van der Waals surface area (Å²) in [7, 11) is 3.52. The van der Waals surface area contributed by atoms with Crippen LogP contribution in [0.2, 0.25) is 0 Å². The number of fused-ring (bicyclic) bond motifs is 1. The third-order valence-electron chi connectivity index (χ3n) is 4.80. The number of hydrogen-bond donors (Lipinski definition) is 0. The van der Waals surface area contributed by atoms with Crippen LogP contribution in [0, 0.1) is 6.92 Å². The Bertz CT molecular complexity index is 1170. The van der Waals surface area contributed by atoms with Gasteiger partial charge in [0.15, 0.2) is 0 Å². The summed E-state index contributed by atoms with van der Waals surface area (Å²) in [6, 6.07) is 16.0. The molecule has 0 aliphatic rings. The third kappa shape index (κ3) is 3.12. The highest BCUT2D eigenvalue weighted by molar-refractivity contribution is 5.92. The van der Waals surface area contributed by atoms with E-state index in [2.05, 4.69) is 17.1 Å². The van der Waals surface area contributed by atoms with E-state index in [1.165, 1.54) is 5.56 Å².